The molecule has 5 rings (SSSR count). The molecule has 0 aliphatic heterocycles. The molecule has 0 N–H and O–H groups in total. The summed E-state index contributed by atoms with van der Waals surface area (Å²) in [4.78, 5) is 25.9. The lowest BCUT2D eigenvalue weighted by atomic mass is 10.0. The number of carbonyl (C=O) groups excluding carboxylic acids is 2. The zero-order valence-corrected chi connectivity index (χ0v) is 21.7. The molecule has 0 spiro atoms. The lowest BCUT2D eigenvalue weighted by molar-refractivity contribution is 0.0549. The highest BCUT2D eigenvalue weighted by molar-refractivity contribution is 6.06. The molecule has 1 heterocycles. The molecular formula is C31H26N2O6. The van der Waals surface area contributed by atoms with E-state index >= 15 is 0 Å². The van der Waals surface area contributed by atoms with Gasteiger partial charge in [-0.2, -0.15) is 5.10 Å². The van der Waals surface area contributed by atoms with E-state index in [9.17, 15) is 9.59 Å². The maximum Gasteiger partial charge on any atom is 0.357 e. The van der Waals surface area contributed by atoms with Crippen LogP contribution < -0.4 is 9.47 Å². The monoisotopic (exact) mass is 522 g/mol. The number of fused-ring (bicyclic) bond motifs is 1. The quantitative estimate of drug-likeness (QED) is 0.236. The van der Waals surface area contributed by atoms with Crippen molar-refractivity contribution in [2.24, 2.45) is 0 Å². The fourth-order valence-electron chi connectivity index (χ4n) is 4.41. The van der Waals surface area contributed by atoms with Crippen LogP contribution in [0.25, 0.3) is 27.7 Å². The molecule has 1 aromatic heterocycles. The number of nitrogens with zero attached hydrogens (tertiary/aromatic N) is 2. The Kier molecular flexibility index (Phi) is 7.27. The first kappa shape index (κ1) is 25.5. The maximum absolute atomic E-state index is 13.0. The van der Waals surface area contributed by atoms with E-state index in [4.69, 9.17) is 18.9 Å². The van der Waals surface area contributed by atoms with E-state index in [1.807, 2.05) is 66.7 Å². The molecule has 196 valence electrons. The number of aromatic nitrogens is 2. The summed E-state index contributed by atoms with van der Waals surface area (Å²) in [5, 5.41) is 6.86. The second kappa shape index (κ2) is 11.1. The van der Waals surface area contributed by atoms with Crippen LogP contribution in [0.5, 0.6) is 11.5 Å². The first-order chi connectivity index (χ1) is 19.0. The van der Waals surface area contributed by atoms with E-state index in [1.54, 1.807) is 31.4 Å². The standard InChI is InChI=1S/C31H26N2O6/c1-36-26-16-14-22(17-23(26)19-39-25-15-13-20-9-7-8-10-21(20)18-25)28-27(30(34)37-2)29(31(35)38-3)33(32-28)24-11-5-4-6-12-24/h4-18H,19H2,1-3H3. The number of rotatable bonds is 8. The minimum atomic E-state index is -0.716. The number of carbonyl (C=O) groups is 2. The average molecular weight is 523 g/mol. The molecule has 39 heavy (non-hydrogen) atoms. The van der Waals surface area contributed by atoms with Gasteiger partial charge in [0.1, 0.15) is 29.4 Å². The highest BCUT2D eigenvalue weighted by Crippen LogP contribution is 2.33. The first-order valence-electron chi connectivity index (χ1n) is 12.2. The highest BCUT2D eigenvalue weighted by atomic mass is 16.5. The normalized spacial score (nSPS) is 10.7. The summed E-state index contributed by atoms with van der Waals surface area (Å²) < 4.78 is 23.1. The summed E-state index contributed by atoms with van der Waals surface area (Å²) in [6.07, 6.45) is 0. The van der Waals surface area contributed by atoms with E-state index in [0.717, 1.165) is 16.3 Å². The van der Waals surface area contributed by atoms with Crippen molar-refractivity contribution < 1.29 is 28.5 Å². The van der Waals surface area contributed by atoms with Gasteiger partial charge in [-0.3, -0.25) is 0 Å². The Labute approximate surface area is 225 Å². The third-order valence-corrected chi connectivity index (χ3v) is 6.32. The fraction of sp³-hybridized carbons (Fsp3) is 0.129. The van der Waals surface area contributed by atoms with Crippen LogP contribution in [-0.4, -0.2) is 43.0 Å². The van der Waals surface area contributed by atoms with E-state index in [1.165, 1.54) is 18.9 Å². The Morgan fingerprint density at radius 2 is 1.49 bits per heavy atom. The molecular weight excluding hydrogens is 496 g/mol. The van der Waals surface area contributed by atoms with Crippen molar-refractivity contribution in [1.82, 2.24) is 9.78 Å². The van der Waals surface area contributed by atoms with Crippen LogP contribution in [0, 0.1) is 0 Å². The molecule has 8 heteroatoms. The van der Waals surface area contributed by atoms with Gasteiger partial charge in [0, 0.05) is 11.1 Å². The largest absolute Gasteiger partial charge is 0.496 e. The second-order valence-electron chi connectivity index (χ2n) is 8.63. The van der Waals surface area contributed by atoms with Gasteiger partial charge in [0.05, 0.1) is 27.0 Å². The van der Waals surface area contributed by atoms with Crippen molar-refractivity contribution in [2.75, 3.05) is 21.3 Å². The molecule has 0 radical (unpaired) electrons. The minimum Gasteiger partial charge on any atom is -0.496 e. The van der Waals surface area contributed by atoms with Crippen LogP contribution in [0.3, 0.4) is 0 Å². The molecule has 0 saturated carbocycles. The van der Waals surface area contributed by atoms with Crippen LogP contribution in [-0.2, 0) is 16.1 Å². The third-order valence-electron chi connectivity index (χ3n) is 6.32. The van der Waals surface area contributed by atoms with Crippen molar-refractivity contribution in [3.63, 3.8) is 0 Å². The SMILES string of the molecule is COC(=O)c1c(-c2ccc(OC)c(COc3ccc4ccccc4c3)c2)nn(-c2ccccc2)c1C(=O)OC. The molecule has 0 saturated heterocycles. The van der Waals surface area contributed by atoms with Crippen LogP contribution >= 0.6 is 0 Å². The Hall–Kier alpha value is -5.11. The van der Waals surface area contributed by atoms with E-state index < -0.39 is 11.9 Å². The van der Waals surface area contributed by atoms with Crippen LogP contribution in [0.1, 0.15) is 26.4 Å². The summed E-state index contributed by atoms with van der Waals surface area (Å²) >= 11 is 0. The zero-order valence-electron chi connectivity index (χ0n) is 21.7. The Morgan fingerprint density at radius 1 is 0.769 bits per heavy atom. The van der Waals surface area contributed by atoms with Crippen LogP contribution in [0.2, 0.25) is 0 Å². The molecule has 5 aromatic rings. The predicted octanol–water partition coefficient (Wildman–Crippen LogP) is 5.85. The van der Waals surface area contributed by atoms with Gasteiger partial charge in [0.2, 0.25) is 0 Å². The molecule has 0 fully saturated rings. The van der Waals surface area contributed by atoms with Gasteiger partial charge < -0.3 is 18.9 Å². The van der Waals surface area contributed by atoms with E-state index in [2.05, 4.69) is 5.10 Å². The van der Waals surface area contributed by atoms with Crippen LogP contribution in [0.15, 0.2) is 91.0 Å². The number of hydrogen-bond donors (Lipinski definition) is 0. The summed E-state index contributed by atoms with van der Waals surface area (Å²) in [6.45, 7) is 0.201. The number of ether oxygens (including phenoxy) is 4. The van der Waals surface area contributed by atoms with Crippen molar-refractivity contribution in [3.8, 4) is 28.4 Å². The van der Waals surface area contributed by atoms with Gasteiger partial charge in [0.25, 0.3) is 0 Å². The number of esters is 2. The fourth-order valence-corrected chi connectivity index (χ4v) is 4.41. The smallest absolute Gasteiger partial charge is 0.357 e. The predicted molar refractivity (Wildman–Crippen MR) is 147 cm³/mol. The molecule has 0 aliphatic carbocycles. The van der Waals surface area contributed by atoms with Gasteiger partial charge in [-0.15, -0.1) is 0 Å². The number of methoxy groups -OCH3 is 3. The molecule has 0 bridgehead atoms. The van der Waals surface area contributed by atoms with Crippen molar-refractivity contribution in [2.45, 2.75) is 6.61 Å². The summed E-state index contributed by atoms with van der Waals surface area (Å²) in [7, 11) is 4.08. The van der Waals surface area contributed by atoms with Gasteiger partial charge in [0.15, 0.2) is 5.69 Å². The molecule has 0 unspecified atom stereocenters. The molecule has 0 atom stereocenters. The Balaban J connectivity index is 1.58. The number of benzene rings is 4. The van der Waals surface area contributed by atoms with Gasteiger partial charge in [-0.25, -0.2) is 14.3 Å². The second-order valence-corrected chi connectivity index (χ2v) is 8.63. The Morgan fingerprint density at radius 3 is 2.21 bits per heavy atom. The minimum absolute atomic E-state index is 0.000215. The van der Waals surface area contributed by atoms with Gasteiger partial charge in [-0.05, 0) is 53.2 Å². The average Bonchev–Trinajstić information content (AvgIpc) is 3.40. The highest BCUT2D eigenvalue weighted by Gasteiger charge is 2.31. The lowest BCUT2D eigenvalue weighted by Gasteiger charge is -2.13. The lowest BCUT2D eigenvalue weighted by Crippen LogP contribution is -2.15. The third kappa shape index (κ3) is 5.04. The first-order valence-corrected chi connectivity index (χ1v) is 12.2. The summed E-state index contributed by atoms with van der Waals surface area (Å²) in [6, 6.07) is 28.3. The van der Waals surface area contributed by atoms with Gasteiger partial charge in [-0.1, -0.05) is 48.5 Å². The van der Waals surface area contributed by atoms with E-state index in [0.29, 0.717) is 22.7 Å². The summed E-state index contributed by atoms with van der Waals surface area (Å²) in [5.41, 5.74) is 2.12. The maximum atomic E-state index is 13.0. The van der Waals surface area contributed by atoms with E-state index in [-0.39, 0.29) is 23.6 Å². The topological polar surface area (TPSA) is 88.9 Å². The van der Waals surface area contributed by atoms with Gasteiger partial charge >= 0.3 is 11.9 Å². The number of hydrogen-bond acceptors (Lipinski definition) is 7. The summed E-state index contributed by atoms with van der Waals surface area (Å²) in [5.74, 6) is -0.115. The molecule has 0 aliphatic rings. The Bertz CT molecular complexity index is 1660. The zero-order chi connectivity index (χ0) is 27.4. The van der Waals surface area contributed by atoms with Crippen molar-refractivity contribution in [3.05, 3.63) is 108 Å². The molecule has 4 aromatic carbocycles. The van der Waals surface area contributed by atoms with Crippen molar-refractivity contribution in [1.29, 1.82) is 0 Å². The van der Waals surface area contributed by atoms with Crippen molar-refractivity contribution >= 4 is 22.7 Å². The van der Waals surface area contributed by atoms with Crippen LogP contribution in [0.4, 0.5) is 0 Å². The molecule has 8 nitrogen and oxygen atoms in total. The molecule has 0 amide bonds. The number of para-hydroxylation sites is 1.